The zero-order chi connectivity index (χ0) is 16.9. The van der Waals surface area contributed by atoms with Gasteiger partial charge >= 0.3 is 0 Å². The highest BCUT2D eigenvalue weighted by Gasteiger charge is 2.21. The maximum absolute atomic E-state index is 6.26. The maximum Gasteiger partial charge on any atom is 0.223 e. The third-order valence-corrected chi connectivity index (χ3v) is 3.98. The average molecular weight is 367 g/mol. The van der Waals surface area contributed by atoms with Gasteiger partial charge in [-0.15, -0.1) is 0 Å². The SMILES string of the molecule is COc1cc(Cl)c(NC2=NCCN2OCc2ccccn2)c(Cl)c1. The van der Waals surface area contributed by atoms with Gasteiger partial charge in [0.15, 0.2) is 0 Å². The molecule has 0 saturated heterocycles. The predicted octanol–water partition coefficient (Wildman–Crippen LogP) is 3.61. The van der Waals surface area contributed by atoms with Crippen LogP contribution in [0, 0.1) is 0 Å². The number of ether oxygens (including phenoxy) is 1. The van der Waals surface area contributed by atoms with E-state index >= 15 is 0 Å². The Bertz CT molecular complexity index is 717. The predicted molar refractivity (Wildman–Crippen MR) is 94.7 cm³/mol. The number of nitrogens with one attached hydrogen (secondary N) is 1. The number of rotatable bonds is 5. The molecule has 0 aliphatic carbocycles. The van der Waals surface area contributed by atoms with Crippen molar-refractivity contribution in [3.05, 3.63) is 52.3 Å². The van der Waals surface area contributed by atoms with Crippen molar-refractivity contribution in [1.82, 2.24) is 10.0 Å². The van der Waals surface area contributed by atoms with E-state index in [9.17, 15) is 0 Å². The minimum absolute atomic E-state index is 0.353. The van der Waals surface area contributed by atoms with E-state index in [1.165, 1.54) is 0 Å². The van der Waals surface area contributed by atoms with Crippen LogP contribution in [0.1, 0.15) is 5.69 Å². The molecule has 0 unspecified atom stereocenters. The number of benzene rings is 1. The number of hydrogen-bond acceptors (Lipinski definition) is 6. The van der Waals surface area contributed by atoms with Crippen molar-refractivity contribution in [1.29, 1.82) is 0 Å². The summed E-state index contributed by atoms with van der Waals surface area (Å²) in [6, 6.07) is 9.05. The van der Waals surface area contributed by atoms with Crippen LogP contribution in [0.3, 0.4) is 0 Å². The smallest absolute Gasteiger partial charge is 0.223 e. The van der Waals surface area contributed by atoms with Crippen LogP contribution in [-0.4, -0.2) is 36.2 Å². The summed E-state index contributed by atoms with van der Waals surface area (Å²) < 4.78 is 5.14. The lowest BCUT2D eigenvalue weighted by Crippen LogP contribution is -2.33. The molecule has 24 heavy (non-hydrogen) atoms. The molecule has 1 aromatic carbocycles. The van der Waals surface area contributed by atoms with Crippen molar-refractivity contribution in [3.63, 3.8) is 0 Å². The summed E-state index contributed by atoms with van der Waals surface area (Å²) in [4.78, 5) is 14.4. The second-order valence-corrected chi connectivity index (χ2v) is 5.81. The van der Waals surface area contributed by atoms with Crippen molar-refractivity contribution in [2.45, 2.75) is 6.61 Å². The second kappa shape index (κ2) is 7.70. The third-order valence-electron chi connectivity index (χ3n) is 3.38. The first-order valence-electron chi connectivity index (χ1n) is 7.32. The monoisotopic (exact) mass is 366 g/mol. The molecule has 0 bridgehead atoms. The third kappa shape index (κ3) is 3.90. The standard InChI is InChI=1S/C16H16Cl2N4O2/c1-23-12-8-13(17)15(14(18)9-12)21-16-20-6-7-22(16)24-10-11-4-2-3-5-19-11/h2-5,8-9H,6-7,10H2,1H3,(H,20,21). The molecular formula is C16H16Cl2N4O2. The lowest BCUT2D eigenvalue weighted by atomic mass is 10.3. The molecule has 0 atom stereocenters. The van der Waals surface area contributed by atoms with Crippen LogP contribution in [0.2, 0.25) is 10.0 Å². The van der Waals surface area contributed by atoms with Crippen LogP contribution in [0.15, 0.2) is 41.5 Å². The molecule has 0 saturated carbocycles. The van der Waals surface area contributed by atoms with Crippen molar-refractivity contribution >= 4 is 34.8 Å². The van der Waals surface area contributed by atoms with Crippen LogP contribution < -0.4 is 10.1 Å². The summed E-state index contributed by atoms with van der Waals surface area (Å²) in [6.07, 6.45) is 1.73. The molecule has 0 spiro atoms. The molecule has 1 N–H and O–H groups in total. The Kier molecular flexibility index (Phi) is 5.40. The number of pyridine rings is 1. The van der Waals surface area contributed by atoms with Crippen LogP contribution >= 0.6 is 23.2 Å². The van der Waals surface area contributed by atoms with Gasteiger partial charge in [0.25, 0.3) is 0 Å². The average Bonchev–Trinajstić information content (AvgIpc) is 3.04. The number of halogens is 2. The van der Waals surface area contributed by atoms with Gasteiger partial charge in [-0.2, -0.15) is 0 Å². The quantitative estimate of drug-likeness (QED) is 0.875. The minimum Gasteiger partial charge on any atom is -0.497 e. The summed E-state index contributed by atoms with van der Waals surface area (Å²) in [5, 5.41) is 5.68. The largest absolute Gasteiger partial charge is 0.497 e. The number of guanidine groups is 1. The number of aromatic nitrogens is 1. The fraction of sp³-hybridized carbons (Fsp3) is 0.250. The molecular weight excluding hydrogens is 351 g/mol. The minimum atomic E-state index is 0.353. The van der Waals surface area contributed by atoms with E-state index in [4.69, 9.17) is 32.8 Å². The van der Waals surface area contributed by atoms with Gasteiger partial charge in [-0.1, -0.05) is 29.3 Å². The highest BCUT2D eigenvalue weighted by molar-refractivity contribution is 6.40. The van der Waals surface area contributed by atoms with Crippen molar-refractivity contribution in [2.24, 2.45) is 4.99 Å². The molecule has 0 fully saturated rings. The molecule has 2 aromatic rings. The molecule has 1 aromatic heterocycles. The summed E-state index contributed by atoms with van der Waals surface area (Å²) in [6.45, 7) is 1.61. The van der Waals surface area contributed by atoms with Crippen molar-refractivity contribution in [3.8, 4) is 5.75 Å². The summed E-state index contributed by atoms with van der Waals surface area (Å²) >= 11 is 12.5. The van der Waals surface area contributed by atoms with Gasteiger partial charge < -0.3 is 10.1 Å². The van der Waals surface area contributed by atoms with Gasteiger partial charge in [0.1, 0.15) is 12.4 Å². The van der Waals surface area contributed by atoms with E-state index in [1.54, 1.807) is 30.5 Å². The first-order valence-corrected chi connectivity index (χ1v) is 8.08. The van der Waals surface area contributed by atoms with Crippen LogP contribution in [0.4, 0.5) is 5.69 Å². The molecule has 8 heteroatoms. The highest BCUT2D eigenvalue weighted by Crippen LogP contribution is 2.35. The summed E-state index contributed by atoms with van der Waals surface area (Å²) in [5.74, 6) is 1.15. The lowest BCUT2D eigenvalue weighted by Gasteiger charge is -2.21. The molecule has 0 radical (unpaired) electrons. The zero-order valence-corrected chi connectivity index (χ0v) is 14.5. The van der Waals surface area contributed by atoms with Crippen molar-refractivity contribution in [2.75, 3.05) is 25.5 Å². The maximum atomic E-state index is 6.26. The van der Waals surface area contributed by atoms with Gasteiger partial charge in [-0.25, -0.2) is 10.1 Å². The van der Waals surface area contributed by atoms with Crippen LogP contribution in [0.25, 0.3) is 0 Å². The first kappa shape index (κ1) is 16.8. The number of hydrogen-bond donors (Lipinski definition) is 1. The van der Waals surface area contributed by atoms with Gasteiger partial charge in [-0.05, 0) is 12.1 Å². The first-order chi connectivity index (χ1) is 11.7. The van der Waals surface area contributed by atoms with Gasteiger partial charge in [0, 0.05) is 18.3 Å². The number of aliphatic imine (C=N–C) groups is 1. The van der Waals surface area contributed by atoms with Crippen molar-refractivity contribution < 1.29 is 9.57 Å². The summed E-state index contributed by atoms with van der Waals surface area (Å²) in [5.41, 5.74) is 1.40. The Labute approximate surface area is 150 Å². The van der Waals surface area contributed by atoms with Gasteiger partial charge in [0.2, 0.25) is 5.96 Å². The lowest BCUT2D eigenvalue weighted by molar-refractivity contribution is -0.104. The van der Waals surface area contributed by atoms with E-state index in [2.05, 4.69) is 15.3 Å². The van der Waals surface area contributed by atoms with E-state index in [1.807, 2.05) is 18.2 Å². The zero-order valence-electron chi connectivity index (χ0n) is 13.0. The molecule has 6 nitrogen and oxygen atoms in total. The molecule has 3 rings (SSSR count). The topological polar surface area (TPSA) is 59.0 Å². The molecule has 2 heterocycles. The number of methoxy groups -OCH3 is 1. The van der Waals surface area contributed by atoms with Gasteiger partial charge in [0.05, 0.1) is 41.6 Å². The second-order valence-electron chi connectivity index (χ2n) is 4.99. The van der Waals surface area contributed by atoms with E-state index < -0.39 is 0 Å². The Morgan fingerprint density at radius 3 is 2.71 bits per heavy atom. The highest BCUT2D eigenvalue weighted by atomic mass is 35.5. The normalized spacial score (nSPS) is 13.8. The van der Waals surface area contributed by atoms with E-state index in [0.717, 1.165) is 5.69 Å². The molecule has 1 aliphatic rings. The van der Waals surface area contributed by atoms with Crippen LogP contribution in [0.5, 0.6) is 5.75 Å². The summed E-state index contributed by atoms with van der Waals surface area (Å²) in [7, 11) is 1.56. The Balaban J connectivity index is 1.68. The molecule has 126 valence electrons. The fourth-order valence-electron chi connectivity index (χ4n) is 2.19. The number of nitrogens with zero attached hydrogens (tertiary/aromatic N) is 3. The Morgan fingerprint density at radius 2 is 2.04 bits per heavy atom. The fourth-order valence-corrected chi connectivity index (χ4v) is 2.75. The Morgan fingerprint density at radius 1 is 1.25 bits per heavy atom. The molecule has 1 aliphatic heterocycles. The Hall–Kier alpha value is -2.02. The molecule has 0 amide bonds. The van der Waals surface area contributed by atoms with Crippen LogP contribution in [-0.2, 0) is 11.4 Å². The van der Waals surface area contributed by atoms with E-state index in [-0.39, 0.29) is 0 Å². The van der Waals surface area contributed by atoms with Gasteiger partial charge in [-0.3, -0.25) is 9.82 Å². The van der Waals surface area contributed by atoms with E-state index in [0.29, 0.717) is 47.1 Å². The number of anilines is 1. The number of hydroxylamine groups is 2.